The van der Waals surface area contributed by atoms with Gasteiger partial charge in [0, 0.05) is 41.8 Å². The highest BCUT2D eigenvalue weighted by atomic mass is 35.5. The van der Waals surface area contributed by atoms with Gasteiger partial charge >= 0.3 is 0 Å². The van der Waals surface area contributed by atoms with Crippen LogP contribution in [0.15, 0.2) is 42.5 Å². The third-order valence-corrected chi connectivity index (χ3v) is 7.01. The normalized spacial score (nSPS) is 26.8. The fourth-order valence-electron chi connectivity index (χ4n) is 5.39. The quantitative estimate of drug-likeness (QED) is 0.670. The van der Waals surface area contributed by atoms with Gasteiger partial charge in [-0.3, -0.25) is 9.59 Å². The summed E-state index contributed by atoms with van der Waals surface area (Å²) < 4.78 is 0. The lowest BCUT2D eigenvalue weighted by atomic mass is 9.62. The van der Waals surface area contributed by atoms with Crippen LogP contribution in [0.25, 0.3) is 0 Å². The van der Waals surface area contributed by atoms with E-state index in [9.17, 15) is 9.59 Å². The molecule has 1 saturated heterocycles. The molecule has 2 aliphatic rings. The first-order valence-electron chi connectivity index (χ1n) is 10.8. The fraction of sp³-hybridized carbons (Fsp3) is 0.440. The molecule has 0 bridgehead atoms. The molecule has 4 atom stereocenters. The second-order valence-electron chi connectivity index (χ2n) is 10.2. The zero-order valence-electron chi connectivity index (χ0n) is 19.0. The summed E-state index contributed by atoms with van der Waals surface area (Å²) in [7, 11) is 3.48. The van der Waals surface area contributed by atoms with E-state index in [2.05, 4.69) is 31.4 Å². The lowest BCUT2D eigenvalue weighted by molar-refractivity contribution is -0.131. The number of likely N-dealkylation sites (N-methyl/N-ethyl adjacent to an activating group) is 1. The van der Waals surface area contributed by atoms with Crippen molar-refractivity contribution in [3.63, 3.8) is 0 Å². The first-order chi connectivity index (χ1) is 14.9. The molecule has 2 aromatic carbocycles. The maximum absolute atomic E-state index is 13.9. The average molecular weight is 474 g/mol. The molecule has 7 heteroatoms. The fourth-order valence-corrected chi connectivity index (χ4v) is 5.76. The van der Waals surface area contributed by atoms with Gasteiger partial charge in [-0.05, 0) is 47.2 Å². The molecular formula is C25H29Cl2N3O2. The molecule has 4 rings (SSSR count). The third kappa shape index (κ3) is 3.70. The summed E-state index contributed by atoms with van der Waals surface area (Å²) >= 11 is 12.6. The Morgan fingerprint density at radius 3 is 2.41 bits per heavy atom. The zero-order valence-corrected chi connectivity index (χ0v) is 20.5. The van der Waals surface area contributed by atoms with Crippen LogP contribution >= 0.6 is 23.2 Å². The van der Waals surface area contributed by atoms with Gasteiger partial charge in [0.05, 0.1) is 6.04 Å². The first kappa shape index (κ1) is 23.1. The minimum atomic E-state index is -0.978. The van der Waals surface area contributed by atoms with Gasteiger partial charge in [0.2, 0.25) is 11.8 Å². The van der Waals surface area contributed by atoms with E-state index in [1.807, 2.05) is 30.3 Å². The highest BCUT2D eigenvalue weighted by Crippen LogP contribution is 2.56. The highest BCUT2D eigenvalue weighted by molar-refractivity contribution is 6.31. The smallest absolute Gasteiger partial charge is 0.239 e. The monoisotopic (exact) mass is 473 g/mol. The van der Waals surface area contributed by atoms with Crippen LogP contribution in [0.1, 0.15) is 44.2 Å². The van der Waals surface area contributed by atoms with E-state index in [0.717, 1.165) is 11.1 Å². The van der Waals surface area contributed by atoms with Crippen LogP contribution in [-0.4, -0.2) is 42.9 Å². The van der Waals surface area contributed by atoms with E-state index >= 15 is 0 Å². The predicted octanol–water partition coefficient (Wildman–Crippen LogP) is 4.83. The Bertz CT molecular complexity index is 1080. The Morgan fingerprint density at radius 2 is 1.78 bits per heavy atom. The number of carbonyl (C=O) groups is 2. The Balaban J connectivity index is 2.01. The molecule has 2 amide bonds. The summed E-state index contributed by atoms with van der Waals surface area (Å²) in [5.74, 6) is -0.623. The number of hydrogen-bond acceptors (Lipinski definition) is 3. The Kier molecular flexibility index (Phi) is 5.81. The minimum absolute atomic E-state index is 0.0685. The van der Waals surface area contributed by atoms with Gasteiger partial charge < -0.3 is 15.5 Å². The van der Waals surface area contributed by atoms with Crippen molar-refractivity contribution >= 4 is 40.7 Å². The Hall–Kier alpha value is -2.08. The molecule has 5 nitrogen and oxygen atoms in total. The topological polar surface area (TPSA) is 61.4 Å². The standard InChI is InChI=1S/C25H29Cl2N3O2/c1-24(2,3)13-19-25(17-10-9-16(27)12-18(17)28-23(25)32)20(14-7-6-8-15(26)11-14)21(29-19)22(31)30(4)5/h6-12,19-21,29H,13H2,1-5H3,(H,28,32)/t19-,20+,21-,25+/m1/s1. The molecule has 2 aliphatic heterocycles. The number of fused-ring (bicyclic) bond motifs is 2. The molecule has 32 heavy (non-hydrogen) atoms. The van der Waals surface area contributed by atoms with E-state index in [1.54, 1.807) is 31.1 Å². The number of nitrogens with one attached hydrogen (secondary N) is 2. The molecule has 0 unspecified atom stereocenters. The maximum Gasteiger partial charge on any atom is 0.239 e. The van der Waals surface area contributed by atoms with Crippen molar-refractivity contribution in [3.8, 4) is 0 Å². The molecule has 2 N–H and O–H groups in total. The second-order valence-corrected chi connectivity index (χ2v) is 11.1. The summed E-state index contributed by atoms with van der Waals surface area (Å²) in [6.07, 6.45) is 0.705. The predicted molar refractivity (Wildman–Crippen MR) is 129 cm³/mol. The summed E-state index contributed by atoms with van der Waals surface area (Å²) in [5, 5.41) is 7.78. The summed E-state index contributed by atoms with van der Waals surface area (Å²) in [6, 6.07) is 12.2. The van der Waals surface area contributed by atoms with Crippen molar-refractivity contribution in [1.82, 2.24) is 10.2 Å². The molecule has 0 saturated carbocycles. The molecular weight excluding hydrogens is 445 g/mol. The number of carbonyl (C=O) groups excluding carboxylic acids is 2. The minimum Gasteiger partial charge on any atom is -0.347 e. The molecule has 2 aromatic rings. The van der Waals surface area contributed by atoms with Crippen LogP contribution in [0.5, 0.6) is 0 Å². The largest absolute Gasteiger partial charge is 0.347 e. The molecule has 2 heterocycles. The number of amides is 2. The second kappa shape index (κ2) is 8.05. The van der Waals surface area contributed by atoms with Gasteiger partial charge in [0.15, 0.2) is 0 Å². The summed E-state index contributed by atoms with van der Waals surface area (Å²) in [4.78, 5) is 28.9. The van der Waals surface area contributed by atoms with Crippen LogP contribution in [0.3, 0.4) is 0 Å². The van der Waals surface area contributed by atoms with Gasteiger partial charge in [0.25, 0.3) is 0 Å². The van der Waals surface area contributed by atoms with E-state index in [1.165, 1.54) is 0 Å². The molecule has 0 aromatic heterocycles. The molecule has 1 fully saturated rings. The van der Waals surface area contributed by atoms with E-state index < -0.39 is 17.4 Å². The van der Waals surface area contributed by atoms with Crippen molar-refractivity contribution in [2.75, 3.05) is 19.4 Å². The maximum atomic E-state index is 13.9. The highest BCUT2D eigenvalue weighted by Gasteiger charge is 2.65. The SMILES string of the molecule is CN(C)C(=O)[C@@H]1N[C@H](CC(C)(C)C)[C@]2(C(=O)Nc3cc(Cl)ccc32)[C@H]1c1cccc(Cl)c1. The number of nitrogens with zero attached hydrogens (tertiary/aromatic N) is 1. The average Bonchev–Trinajstić information content (AvgIpc) is 3.15. The van der Waals surface area contributed by atoms with Gasteiger partial charge in [-0.25, -0.2) is 0 Å². The van der Waals surface area contributed by atoms with Crippen molar-refractivity contribution in [2.45, 2.75) is 50.6 Å². The van der Waals surface area contributed by atoms with Crippen LogP contribution in [-0.2, 0) is 15.0 Å². The van der Waals surface area contributed by atoms with E-state index in [4.69, 9.17) is 23.2 Å². The number of benzene rings is 2. The molecule has 170 valence electrons. The Morgan fingerprint density at radius 1 is 1.09 bits per heavy atom. The third-order valence-electron chi connectivity index (χ3n) is 6.54. The van der Waals surface area contributed by atoms with E-state index in [0.29, 0.717) is 22.2 Å². The van der Waals surface area contributed by atoms with Gasteiger partial charge in [-0.1, -0.05) is 62.2 Å². The molecule has 1 spiro atoms. The lowest BCUT2D eigenvalue weighted by Gasteiger charge is -2.37. The number of hydrogen-bond donors (Lipinski definition) is 2. The van der Waals surface area contributed by atoms with Crippen LogP contribution in [0.4, 0.5) is 5.69 Å². The molecule has 0 radical (unpaired) electrons. The van der Waals surface area contributed by atoms with Crippen LogP contribution in [0.2, 0.25) is 10.0 Å². The lowest BCUT2D eigenvalue weighted by Crippen LogP contribution is -2.49. The van der Waals surface area contributed by atoms with Crippen LogP contribution < -0.4 is 10.6 Å². The van der Waals surface area contributed by atoms with Crippen molar-refractivity contribution in [3.05, 3.63) is 63.6 Å². The number of anilines is 1. The Labute approximate surface area is 199 Å². The van der Waals surface area contributed by atoms with Crippen molar-refractivity contribution in [1.29, 1.82) is 0 Å². The molecule has 0 aliphatic carbocycles. The number of halogens is 2. The van der Waals surface area contributed by atoms with Crippen molar-refractivity contribution in [2.24, 2.45) is 5.41 Å². The van der Waals surface area contributed by atoms with Gasteiger partial charge in [0.1, 0.15) is 5.41 Å². The van der Waals surface area contributed by atoms with E-state index in [-0.39, 0.29) is 23.3 Å². The van der Waals surface area contributed by atoms with Crippen LogP contribution in [0, 0.1) is 5.41 Å². The van der Waals surface area contributed by atoms with Gasteiger partial charge in [-0.2, -0.15) is 0 Å². The van der Waals surface area contributed by atoms with Gasteiger partial charge in [-0.15, -0.1) is 0 Å². The zero-order chi connectivity index (χ0) is 23.4. The summed E-state index contributed by atoms with van der Waals surface area (Å²) in [6.45, 7) is 6.44. The first-order valence-corrected chi connectivity index (χ1v) is 11.5. The number of rotatable bonds is 3. The van der Waals surface area contributed by atoms with Crippen molar-refractivity contribution < 1.29 is 9.59 Å². The summed E-state index contributed by atoms with van der Waals surface area (Å²) in [5.41, 5.74) is 1.38.